The molecule has 9 heteroatoms. The zero-order chi connectivity index (χ0) is 15.5. The smallest absolute Gasteiger partial charge is 0.227 e. The molecular formula is C13H14N6OS2. The van der Waals surface area contributed by atoms with Gasteiger partial charge in [0, 0.05) is 32.3 Å². The van der Waals surface area contributed by atoms with Crippen LogP contribution >= 0.6 is 23.6 Å². The summed E-state index contributed by atoms with van der Waals surface area (Å²) >= 11 is 6.81. The van der Waals surface area contributed by atoms with Crippen LogP contribution < -0.4 is 5.32 Å². The molecule has 0 saturated carbocycles. The number of aryl methyl sites for hydroxylation is 1. The van der Waals surface area contributed by atoms with Gasteiger partial charge < -0.3 is 5.32 Å². The van der Waals surface area contributed by atoms with Gasteiger partial charge in [-0.15, -0.1) is 11.3 Å². The van der Waals surface area contributed by atoms with Gasteiger partial charge in [-0.25, -0.2) is 0 Å². The van der Waals surface area contributed by atoms with Crippen molar-refractivity contribution >= 4 is 35.3 Å². The van der Waals surface area contributed by atoms with Crippen molar-refractivity contribution in [2.75, 3.05) is 5.32 Å². The van der Waals surface area contributed by atoms with E-state index in [1.807, 2.05) is 22.1 Å². The van der Waals surface area contributed by atoms with Crippen molar-refractivity contribution < 1.29 is 4.79 Å². The number of rotatable bonds is 5. The van der Waals surface area contributed by atoms with Crippen LogP contribution in [0.3, 0.4) is 0 Å². The number of anilines is 1. The zero-order valence-electron chi connectivity index (χ0n) is 11.8. The van der Waals surface area contributed by atoms with E-state index in [2.05, 4.69) is 20.6 Å². The molecule has 3 rings (SSSR count). The summed E-state index contributed by atoms with van der Waals surface area (Å²) in [5.74, 6) is 1.19. The molecule has 0 aliphatic rings. The van der Waals surface area contributed by atoms with E-state index in [1.54, 1.807) is 35.3 Å². The Morgan fingerprint density at radius 2 is 2.36 bits per heavy atom. The summed E-state index contributed by atoms with van der Waals surface area (Å²) in [6.07, 6.45) is 2.07. The molecular weight excluding hydrogens is 320 g/mol. The zero-order valence-corrected chi connectivity index (χ0v) is 13.4. The molecule has 0 aliphatic heterocycles. The maximum Gasteiger partial charge on any atom is 0.227 e. The Labute approximate surface area is 135 Å². The summed E-state index contributed by atoms with van der Waals surface area (Å²) in [5, 5.41) is 15.9. The van der Waals surface area contributed by atoms with Crippen LogP contribution in [0.15, 0.2) is 29.8 Å². The number of thiophene rings is 1. The summed E-state index contributed by atoms with van der Waals surface area (Å²) < 4.78 is 3.98. The summed E-state index contributed by atoms with van der Waals surface area (Å²) in [6, 6.07) is 5.68. The summed E-state index contributed by atoms with van der Waals surface area (Å²) in [7, 11) is 1.80. The molecule has 3 aromatic rings. The second kappa shape index (κ2) is 6.24. The second-order valence-corrected chi connectivity index (χ2v) is 5.99. The van der Waals surface area contributed by atoms with Crippen LogP contribution in [0.25, 0.3) is 10.7 Å². The van der Waals surface area contributed by atoms with Crippen molar-refractivity contribution in [1.29, 1.82) is 0 Å². The van der Waals surface area contributed by atoms with Gasteiger partial charge in [0.05, 0.1) is 4.88 Å². The van der Waals surface area contributed by atoms with E-state index in [0.717, 1.165) is 10.7 Å². The molecule has 0 radical (unpaired) electrons. The molecule has 1 amide bonds. The lowest BCUT2D eigenvalue weighted by atomic mass is 10.3. The van der Waals surface area contributed by atoms with Crippen molar-refractivity contribution in [2.45, 2.75) is 13.0 Å². The van der Waals surface area contributed by atoms with Crippen LogP contribution in [0.1, 0.15) is 6.42 Å². The highest BCUT2D eigenvalue weighted by atomic mass is 32.1. The molecule has 114 valence electrons. The lowest BCUT2D eigenvalue weighted by molar-refractivity contribution is -0.116. The number of H-pyrrole nitrogens is 1. The first-order valence-electron chi connectivity index (χ1n) is 6.62. The summed E-state index contributed by atoms with van der Waals surface area (Å²) in [6.45, 7) is 0.460. The first-order chi connectivity index (χ1) is 10.6. The Bertz CT molecular complexity index is 829. The van der Waals surface area contributed by atoms with Crippen molar-refractivity contribution in [2.24, 2.45) is 7.05 Å². The van der Waals surface area contributed by atoms with E-state index in [-0.39, 0.29) is 5.91 Å². The second-order valence-electron chi connectivity index (χ2n) is 4.65. The Balaban J connectivity index is 1.68. The number of aromatic amines is 1. The van der Waals surface area contributed by atoms with Crippen LogP contribution in [-0.4, -0.2) is 30.5 Å². The molecule has 3 aromatic heterocycles. The molecule has 22 heavy (non-hydrogen) atoms. The van der Waals surface area contributed by atoms with Crippen molar-refractivity contribution in [3.8, 4) is 10.7 Å². The molecule has 0 bridgehead atoms. The Morgan fingerprint density at radius 1 is 1.50 bits per heavy atom. The van der Waals surface area contributed by atoms with Gasteiger partial charge in [-0.05, 0) is 23.7 Å². The van der Waals surface area contributed by atoms with Crippen molar-refractivity contribution in [3.63, 3.8) is 0 Å². The molecule has 0 fully saturated rings. The number of carbonyl (C=O) groups is 1. The fourth-order valence-electron chi connectivity index (χ4n) is 2.02. The predicted octanol–water partition coefficient (Wildman–Crippen LogP) is 2.43. The molecule has 0 aliphatic carbocycles. The fraction of sp³-hybridized carbons (Fsp3) is 0.231. The molecule has 0 spiro atoms. The van der Waals surface area contributed by atoms with Gasteiger partial charge >= 0.3 is 0 Å². The van der Waals surface area contributed by atoms with E-state index in [9.17, 15) is 4.79 Å². The lowest BCUT2D eigenvalue weighted by Gasteiger charge is -2.05. The summed E-state index contributed by atoms with van der Waals surface area (Å²) in [5.41, 5.74) is 0. The highest BCUT2D eigenvalue weighted by molar-refractivity contribution is 7.71. The number of aromatic nitrogens is 5. The number of nitrogens with zero attached hydrogens (tertiary/aromatic N) is 4. The van der Waals surface area contributed by atoms with E-state index < -0.39 is 0 Å². The van der Waals surface area contributed by atoms with E-state index >= 15 is 0 Å². The standard InChI is InChI=1S/C13H14N6OS2/c1-18-6-4-10(17-18)14-11(20)5-7-19-12(15-16-13(19)21)9-3-2-8-22-9/h2-4,6,8H,5,7H2,1H3,(H,16,21)(H,14,17,20). The highest BCUT2D eigenvalue weighted by Crippen LogP contribution is 2.22. The average Bonchev–Trinajstić information content (AvgIpc) is 3.19. The minimum Gasteiger partial charge on any atom is -0.309 e. The number of hydrogen-bond acceptors (Lipinski definition) is 5. The third-order valence-corrected chi connectivity index (χ3v) is 4.22. The SMILES string of the molecule is Cn1ccc(NC(=O)CCn2c(-c3cccs3)n[nH]c2=S)n1. The number of nitrogens with one attached hydrogen (secondary N) is 2. The van der Waals surface area contributed by atoms with Crippen LogP contribution in [0.4, 0.5) is 5.82 Å². The van der Waals surface area contributed by atoms with Gasteiger partial charge in [-0.2, -0.15) is 10.2 Å². The molecule has 0 aromatic carbocycles. The molecule has 7 nitrogen and oxygen atoms in total. The number of carbonyl (C=O) groups excluding carboxylic acids is 1. The van der Waals surface area contributed by atoms with Gasteiger partial charge in [-0.3, -0.25) is 19.1 Å². The lowest BCUT2D eigenvalue weighted by Crippen LogP contribution is -2.15. The van der Waals surface area contributed by atoms with Crippen LogP contribution in [0, 0.1) is 4.77 Å². The summed E-state index contributed by atoms with van der Waals surface area (Å²) in [4.78, 5) is 13.0. The maximum absolute atomic E-state index is 12.0. The van der Waals surface area contributed by atoms with Gasteiger partial charge in [0.15, 0.2) is 16.4 Å². The minimum absolute atomic E-state index is 0.112. The highest BCUT2D eigenvalue weighted by Gasteiger charge is 2.12. The first kappa shape index (κ1) is 14.7. The first-order valence-corrected chi connectivity index (χ1v) is 7.91. The largest absolute Gasteiger partial charge is 0.309 e. The van der Waals surface area contributed by atoms with Crippen LogP contribution in [-0.2, 0) is 18.4 Å². The van der Waals surface area contributed by atoms with Gasteiger partial charge in [0.25, 0.3) is 0 Å². The maximum atomic E-state index is 12.0. The molecule has 3 heterocycles. The quantitative estimate of drug-likeness (QED) is 0.702. The Morgan fingerprint density at radius 3 is 3.05 bits per heavy atom. The van der Waals surface area contributed by atoms with E-state index in [1.165, 1.54) is 0 Å². The number of hydrogen-bond donors (Lipinski definition) is 2. The minimum atomic E-state index is -0.112. The van der Waals surface area contributed by atoms with Crippen LogP contribution in [0.5, 0.6) is 0 Å². The van der Waals surface area contributed by atoms with Gasteiger partial charge in [0.1, 0.15) is 0 Å². The van der Waals surface area contributed by atoms with Crippen LogP contribution in [0.2, 0.25) is 0 Å². The third-order valence-electron chi connectivity index (χ3n) is 3.04. The van der Waals surface area contributed by atoms with Gasteiger partial charge in [0.2, 0.25) is 5.91 Å². The van der Waals surface area contributed by atoms with Gasteiger partial charge in [-0.1, -0.05) is 6.07 Å². The van der Waals surface area contributed by atoms with Crippen molar-refractivity contribution in [1.82, 2.24) is 24.5 Å². The topological polar surface area (TPSA) is 80.5 Å². The Hall–Kier alpha value is -2.26. The monoisotopic (exact) mass is 334 g/mol. The third kappa shape index (κ3) is 3.15. The number of amides is 1. The molecule has 0 atom stereocenters. The normalized spacial score (nSPS) is 10.8. The van der Waals surface area contributed by atoms with Crippen molar-refractivity contribution in [3.05, 3.63) is 34.5 Å². The van der Waals surface area contributed by atoms with E-state index in [4.69, 9.17) is 12.2 Å². The fourth-order valence-corrected chi connectivity index (χ4v) is 2.96. The average molecular weight is 334 g/mol. The molecule has 0 saturated heterocycles. The molecule has 0 unspecified atom stereocenters. The predicted molar refractivity (Wildman–Crippen MR) is 87.2 cm³/mol. The Kier molecular flexibility index (Phi) is 4.16. The van der Waals surface area contributed by atoms with E-state index in [0.29, 0.717) is 23.6 Å². The molecule has 2 N–H and O–H groups in total.